The Morgan fingerprint density at radius 1 is 1.13 bits per heavy atom. The number of aryl methyl sites for hydroxylation is 2. The molecule has 0 saturated carbocycles. The lowest BCUT2D eigenvalue weighted by atomic mass is 10.1. The molecule has 1 aliphatic heterocycles. The van der Waals surface area contributed by atoms with Crippen molar-refractivity contribution in [3.63, 3.8) is 0 Å². The van der Waals surface area contributed by atoms with Gasteiger partial charge in [-0.1, -0.05) is 6.07 Å². The van der Waals surface area contributed by atoms with Crippen LogP contribution < -0.4 is 10.2 Å². The Bertz CT molecular complexity index is 1110. The second-order valence-corrected chi connectivity index (χ2v) is 9.89. The summed E-state index contributed by atoms with van der Waals surface area (Å²) in [5, 5.41) is 2.74. The number of rotatable bonds is 5. The number of sulfonamides is 1. The number of hydrogen-bond acceptors (Lipinski definition) is 4. The Labute approximate surface area is 177 Å². The summed E-state index contributed by atoms with van der Waals surface area (Å²) < 4.78 is 27.0. The highest BCUT2D eigenvalue weighted by atomic mass is 32.2. The zero-order valence-corrected chi connectivity index (χ0v) is 18.7. The fourth-order valence-corrected chi connectivity index (χ4v) is 4.91. The monoisotopic (exact) mass is 429 g/mol. The van der Waals surface area contributed by atoms with Crippen LogP contribution in [0.2, 0.25) is 0 Å². The molecule has 2 aromatic rings. The molecule has 1 N–H and O–H groups in total. The van der Waals surface area contributed by atoms with Crippen molar-refractivity contribution in [2.45, 2.75) is 45.1 Å². The van der Waals surface area contributed by atoms with Gasteiger partial charge >= 0.3 is 0 Å². The van der Waals surface area contributed by atoms with Crippen molar-refractivity contribution in [1.82, 2.24) is 4.31 Å². The number of nitrogens with one attached hydrogen (secondary N) is 1. The number of nitrogens with zero attached hydrogens (tertiary/aromatic N) is 2. The molecule has 1 aliphatic rings. The van der Waals surface area contributed by atoms with Gasteiger partial charge in [-0.05, 0) is 74.2 Å². The lowest BCUT2D eigenvalue weighted by Crippen LogP contribution is -2.35. The predicted molar refractivity (Wildman–Crippen MR) is 117 cm³/mol. The largest absolute Gasteiger partial charge is 0.325 e. The van der Waals surface area contributed by atoms with Crippen LogP contribution in [-0.2, 0) is 26.0 Å². The van der Waals surface area contributed by atoms with E-state index >= 15 is 0 Å². The molecule has 160 valence electrons. The van der Waals surface area contributed by atoms with Crippen molar-refractivity contribution in [1.29, 1.82) is 0 Å². The van der Waals surface area contributed by atoms with Crippen LogP contribution in [0.5, 0.6) is 0 Å². The van der Waals surface area contributed by atoms with Gasteiger partial charge in [-0.2, -0.15) is 4.31 Å². The maximum absolute atomic E-state index is 13.0. The summed E-state index contributed by atoms with van der Waals surface area (Å²) in [6, 6.07) is 10.3. The number of fused-ring (bicyclic) bond motifs is 1. The molecule has 0 radical (unpaired) electrons. The van der Waals surface area contributed by atoms with E-state index in [2.05, 4.69) is 5.32 Å². The van der Waals surface area contributed by atoms with E-state index in [0.29, 0.717) is 12.1 Å². The van der Waals surface area contributed by atoms with E-state index in [4.69, 9.17) is 0 Å². The first-order valence-corrected chi connectivity index (χ1v) is 11.2. The first-order chi connectivity index (χ1) is 14.0. The molecule has 3 rings (SSSR count). The molecule has 0 unspecified atom stereocenters. The average molecular weight is 430 g/mol. The Morgan fingerprint density at radius 2 is 1.83 bits per heavy atom. The SMILES string of the molecule is CC(=O)N1c2ccc(S(=O)(=O)N(C)CC(=O)Nc3ccc(C)c(C)c3)cc2C[C@@H]1C. The quantitative estimate of drug-likeness (QED) is 0.792. The number of benzene rings is 2. The van der Waals surface area contributed by atoms with Crippen molar-refractivity contribution in [3.8, 4) is 0 Å². The molecule has 7 nitrogen and oxygen atoms in total. The summed E-state index contributed by atoms with van der Waals surface area (Å²) in [6.45, 7) is 7.05. The minimum Gasteiger partial charge on any atom is -0.325 e. The van der Waals surface area contributed by atoms with Gasteiger partial charge in [0.2, 0.25) is 21.8 Å². The molecule has 2 amide bonds. The van der Waals surface area contributed by atoms with Crippen molar-refractivity contribution < 1.29 is 18.0 Å². The minimum atomic E-state index is -3.85. The second-order valence-electron chi connectivity index (χ2n) is 7.84. The van der Waals surface area contributed by atoms with E-state index in [1.54, 1.807) is 23.1 Å². The minimum absolute atomic E-state index is 0.0167. The summed E-state index contributed by atoms with van der Waals surface area (Å²) >= 11 is 0. The molecular formula is C22H27N3O4S. The first kappa shape index (κ1) is 22.0. The Morgan fingerprint density at radius 3 is 2.47 bits per heavy atom. The summed E-state index contributed by atoms with van der Waals surface area (Å²) in [5.74, 6) is -0.487. The molecule has 2 aromatic carbocycles. The van der Waals surface area contributed by atoms with Crippen molar-refractivity contribution in [2.24, 2.45) is 0 Å². The number of anilines is 2. The molecule has 0 saturated heterocycles. The third-order valence-electron chi connectivity index (χ3n) is 5.47. The molecule has 0 spiro atoms. The van der Waals surface area contributed by atoms with Gasteiger partial charge in [0.05, 0.1) is 11.4 Å². The van der Waals surface area contributed by atoms with Crippen LogP contribution >= 0.6 is 0 Å². The first-order valence-electron chi connectivity index (χ1n) is 9.77. The number of carbonyl (C=O) groups is 2. The van der Waals surface area contributed by atoms with Crippen LogP contribution in [0.25, 0.3) is 0 Å². The molecular weight excluding hydrogens is 402 g/mol. The van der Waals surface area contributed by atoms with E-state index < -0.39 is 15.9 Å². The van der Waals surface area contributed by atoms with Gasteiger partial charge in [-0.25, -0.2) is 8.42 Å². The van der Waals surface area contributed by atoms with Gasteiger partial charge < -0.3 is 10.2 Å². The fraction of sp³-hybridized carbons (Fsp3) is 0.364. The van der Waals surface area contributed by atoms with Crippen LogP contribution in [0.1, 0.15) is 30.5 Å². The van der Waals surface area contributed by atoms with Crippen LogP contribution in [0.15, 0.2) is 41.3 Å². The topological polar surface area (TPSA) is 86.8 Å². The maximum Gasteiger partial charge on any atom is 0.243 e. The van der Waals surface area contributed by atoms with Crippen LogP contribution in [0.3, 0.4) is 0 Å². The molecule has 0 aromatic heterocycles. The summed E-state index contributed by atoms with van der Waals surface area (Å²) in [5.41, 5.74) is 4.34. The highest BCUT2D eigenvalue weighted by Gasteiger charge is 2.31. The summed E-state index contributed by atoms with van der Waals surface area (Å²) in [6.07, 6.45) is 0.593. The van der Waals surface area contributed by atoms with Crippen LogP contribution in [-0.4, -0.2) is 44.2 Å². The maximum atomic E-state index is 13.0. The van der Waals surface area contributed by atoms with E-state index in [-0.39, 0.29) is 23.4 Å². The summed E-state index contributed by atoms with van der Waals surface area (Å²) in [7, 11) is -2.47. The summed E-state index contributed by atoms with van der Waals surface area (Å²) in [4.78, 5) is 26.0. The third-order valence-corrected chi connectivity index (χ3v) is 7.27. The predicted octanol–water partition coefficient (Wildman–Crippen LogP) is 2.86. The molecule has 0 bridgehead atoms. The molecule has 0 aliphatic carbocycles. The Kier molecular flexibility index (Phi) is 6.01. The van der Waals surface area contributed by atoms with Gasteiger partial charge in [0, 0.05) is 31.4 Å². The van der Waals surface area contributed by atoms with Crippen molar-refractivity contribution in [3.05, 3.63) is 53.1 Å². The standard InChI is InChI=1S/C22H27N3O4S/c1-14-6-7-19(10-15(14)2)23-22(27)13-24(5)30(28,29)20-8-9-21-18(12-20)11-16(3)25(21)17(4)26/h6-10,12,16H,11,13H2,1-5H3,(H,23,27)/t16-/m0/s1. The van der Waals surface area contributed by atoms with Gasteiger partial charge in [0.25, 0.3) is 0 Å². The van der Waals surface area contributed by atoms with Gasteiger partial charge in [0.15, 0.2) is 0 Å². The molecule has 0 fully saturated rings. The van der Waals surface area contributed by atoms with E-state index in [1.165, 1.54) is 20.0 Å². The highest BCUT2D eigenvalue weighted by Crippen LogP contribution is 2.34. The third kappa shape index (κ3) is 4.24. The molecule has 1 atom stereocenters. The molecule has 8 heteroatoms. The number of carbonyl (C=O) groups excluding carboxylic acids is 2. The normalized spacial score (nSPS) is 15.9. The van der Waals surface area contributed by atoms with Gasteiger partial charge in [0.1, 0.15) is 0 Å². The molecule has 1 heterocycles. The van der Waals surface area contributed by atoms with E-state index in [9.17, 15) is 18.0 Å². The van der Waals surface area contributed by atoms with Crippen molar-refractivity contribution >= 4 is 33.2 Å². The lowest BCUT2D eigenvalue weighted by molar-refractivity contribution is -0.117. The number of likely N-dealkylation sites (N-methyl/N-ethyl adjacent to an activating group) is 1. The van der Waals surface area contributed by atoms with Gasteiger partial charge in [-0.3, -0.25) is 9.59 Å². The number of hydrogen-bond donors (Lipinski definition) is 1. The second kappa shape index (κ2) is 8.20. The van der Waals surface area contributed by atoms with Crippen molar-refractivity contribution in [2.75, 3.05) is 23.8 Å². The Balaban J connectivity index is 1.75. The van der Waals surface area contributed by atoms with Crippen LogP contribution in [0, 0.1) is 13.8 Å². The smallest absolute Gasteiger partial charge is 0.243 e. The Hall–Kier alpha value is -2.71. The highest BCUT2D eigenvalue weighted by molar-refractivity contribution is 7.89. The lowest BCUT2D eigenvalue weighted by Gasteiger charge is -2.21. The fourth-order valence-electron chi connectivity index (χ4n) is 3.73. The number of amides is 2. The van der Waals surface area contributed by atoms with Gasteiger partial charge in [-0.15, -0.1) is 0 Å². The molecule has 30 heavy (non-hydrogen) atoms. The van der Waals surface area contributed by atoms with Crippen LogP contribution in [0.4, 0.5) is 11.4 Å². The zero-order chi connectivity index (χ0) is 22.2. The van der Waals surface area contributed by atoms with E-state index in [0.717, 1.165) is 26.7 Å². The van der Waals surface area contributed by atoms with E-state index in [1.807, 2.05) is 32.9 Å². The zero-order valence-electron chi connectivity index (χ0n) is 17.9. The average Bonchev–Trinajstić information content (AvgIpc) is 2.99.